The van der Waals surface area contributed by atoms with Crippen LogP contribution in [-0.4, -0.2) is 16.6 Å². The third kappa shape index (κ3) is 2.57. The van der Waals surface area contributed by atoms with Gasteiger partial charge in [0.25, 0.3) is 0 Å². The Kier molecular flexibility index (Phi) is 3.49. The Hall–Kier alpha value is -1.90. The molecule has 1 aromatic heterocycles. The van der Waals surface area contributed by atoms with Crippen LogP contribution in [0.25, 0.3) is 11.3 Å². The van der Waals surface area contributed by atoms with Gasteiger partial charge in [0.05, 0.1) is 12.8 Å². The van der Waals surface area contributed by atoms with Crippen molar-refractivity contribution in [2.45, 2.75) is 13.3 Å². The van der Waals surface area contributed by atoms with Gasteiger partial charge in [0, 0.05) is 5.56 Å². The zero-order valence-corrected chi connectivity index (χ0v) is 9.18. The largest absolute Gasteiger partial charge is 0.477 e. The SMILES string of the molecule is CCCOc1cn[c]c(-c2ccccc2)n1. The van der Waals surface area contributed by atoms with Crippen molar-refractivity contribution in [3.05, 3.63) is 42.7 Å². The number of hydrogen-bond acceptors (Lipinski definition) is 3. The second kappa shape index (κ2) is 5.26. The molecule has 81 valence electrons. The van der Waals surface area contributed by atoms with E-state index in [4.69, 9.17) is 4.74 Å². The summed E-state index contributed by atoms with van der Waals surface area (Å²) in [5, 5.41) is 0. The molecule has 1 heterocycles. The van der Waals surface area contributed by atoms with E-state index in [1.807, 2.05) is 30.3 Å². The van der Waals surface area contributed by atoms with Crippen LogP contribution < -0.4 is 4.74 Å². The Bertz CT molecular complexity index is 443. The zero-order valence-electron chi connectivity index (χ0n) is 9.18. The number of hydrogen-bond donors (Lipinski definition) is 0. The van der Waals surface area contributed by atoms with Crippen molar-refractivity contribution in [3.8, 4) is 17.1 Å². The molecule has 0 aliphatic heterocycles. The third-order valence-electron chi connectivity index (χ3n) is 2.07. The molecule has 0 N–H and O–H groups in total. The fraction of sp³-hybridized carbons (Fsp3) is 0.231. The van der Waals surface area contributed by atoms with E-state index in [-0.39, 0.29) is 0 Å². The number of aromatic nitrogens is 2. The fourth-order valence-corrected chi connectivity index (χ4v) is 1.31. The van der Waals surface area contributed by atoms with Crippen molar-refractivity contribution >= 4 is 0 Å². The van der Waals surface area contributed by atoms with Gasteiger partial charge in [-0.1, -0.05) is 37.3 Å². The topological polar surface area (TPSA) is 35.0 Å². The molecule has 0 aliphatic rings. The molecular weight excluding hydrogens is 200 g/mol. The summed E-state index contributed by atoms with van der Waals surface area (Å²) in [6, 6.07) is 9.84. The first-order valence-corrected chi connectivity index (χ1v) is 5.33. The lowest BCUT2D eigenvalue weighted by Crippen LogP contribution is -1.98. The molecule has 2 aromatic rings. The minimum Gasteiger partial charge on any atom is -0.477 e. The quantitative estimate of drug-likeness (QED) is 0.783. The van der Waals surface area contributed by atoms with E-state index in [1.54, 1.807) is 6.20 Å². The van der Waals surface area contributed by atoms with Crippen LogP contribution in [0.2, 0.25) is 0 Å². The highest BCUT2D eigenvalue weighted by Crippen LogP contribution is 2.17. The highest BCUT2D eigenvalue weighted by atomic mass is 16.5. The normalized spacial score (nSPS) is 10.1. The number of nitrogens with zero attached hydrogens (tertiary/aromatic N) is 2. The molecule has 3 nitrogen and oxygen atoms in total. The Morgan fingerprint density at radius 3 is 2.81 bits per heavy atom. The van der Waals surface area contributed by atoms with Crippen molar-refractivity contribution in [1.82, 2.24) is 9.97 Å². The van der Waals surface area contributed by atoms with Crippen LogP contribution in [0.4, 0.5) is 0 Å². The van der Waals surface area contributed by atoms with E-state index in [2.05, 4.69) is 23.1 Å². The van der Waals surface area contributed by atoms with Gasteiger partial charge >= 0.3 is 0 Å². The molecule has 16 heavy (non-hydrogen) atoms. The molecule has 0 amide bonds. The summed E-state index contributed by atoms with van der Waals surface area (Å²) < 4.78 is 5.42. The average molecular weight is 213 g/mol. The molecule has 0 unspecified atom stereocenters. The summed E-state index contributed by atoms with van der Waals surface area (Å²) in [4.78, 5) is 8.34. The van der Waals surface area contributed by atoms with Gasteiger partial charge in [0.2, 0.25) is 5.88 Å². The Balaban J connectivity index is 2.22. The maximum Gasteiger partial charge on any atom is 0.232 e. The van der Waals surface area contributed by atoms with Crippen LogP contribution in [0.1, 0.15) is 13.3 Å². The van der Waals surface area contributed by atoms with Crippen LogP contribution in [0.15, 0.2) is 36.5 Å². The maximum atomic E-state index is 5.42. The Morgan fingerprint density at radius 2 is 2.06 bits per heavy atom. The predicted octanol–water partition coefficient (Wildman–Crippen LogP) is 2.73. The van der Waals surface area contributed by atoms with Crippen LogP contribution in [0.3, 0.4) is 0 Å². The summed E-state index contributed by atoms with van der Waals surface area (Å²) in [6.45, 7) is 2.72. The molecule has 0 bridgehead atoms. The molecule has 0 saturated carbocycles. The zero-order chi connectivity index (χ0) is 11.2. The average Bonchev–Trinajstić information content (AvgIpc) is 2.38. The van der Waals surface area contributed by atoms with Crippen molar-refractivity contribution in [2.24, 2.45) is 0 Å². The first-order valence-electron chi connectivity index (χ1n) is 5.33. The van der Waals surface area contributed by atoms with Gasteiger partial charge < -0.3 is 4.74 Å². The minimum atomic E-state index is 0.555. The van der Waals surface area contributed by atoms with Gasteiger partial charge in [-0.15, -0.1) is 0 Å². The van der Waals surface area contributed by atoms with Gasteiger partial charge in [0.1, 0.15) is 11.9 Å². The number of rotatable bonds is 4. The van der Waals surface area contributed by atoms with Crippen molar-refractivity contribution in [1.29, 1.82) is 0 Å². The van der Waals surface area contributed by atoms with Crippen molar-refractivity contribution < 1.29 is 4.74 Å². The lowest BCUT2D eigenvalue weighted by molar-refractivity contribution is 0.304. The highest BCUT2D eigenvalue weighted by Gasteiger charge is 2.02. The molecule has 1 aromatic carbocycles. The van der Waals surface area contributed by atoms with Crippen molar-refractivity contribution in [3.63, 3.8) is 0 Å². The first-order chi connectivity index (χ1) is 7.90. The van der Waals surface area contributed by atoms with Crippen LogP contribution in [-0.2, 0) is 0 Å². The highest BCUT2D eigenvalue weighted by molar-refractivity contribution is 5.57. The molecule has 3 heteroatoms. The van der Waals surface area contributed by atoms with E-state index < -0.39 is 0 Å². The summed E-state index contributed by atoms with van der Waals surface area (Å²) >= 11 is 0. The molecule has 0 spiro atoms. The maximum absolute atomic E-state index is 5.42. The smallest absolute Gasteiger partial charge is 0.232 e. The second-order valence-corrected chi connectivity index (χ2v) is 3.38. The lowest BCUT2D eigenvalue weighted by atomic mass is 10.2. The van der Waals surface area contributed by atoms with E-state index in [9.17, 15) is 0 Å². The summed E-state index contributed by atoms with van der Waals surface area (Å²) in [6.07, 6.45) is 5.41. The molecular formula is C13H13N2O. The summed E-state index contributed by atoms with van der Waals surface area (Å²) in [5.74, 6) is 0.555. The molecule has 0 atom stereocenters. The predicted molar refractivity (Wildman–Crippen MR) is 62.1 cm³/mol. The first kappa shape index (κ1) is 10.6. The Labute approximate surface area is 95.1 Å². The molecule has 1 radical (unpaired) electrons. The second-order valence-electron chi connectivity index (χ2n) is 3.38. The Morgan fingerprint density at radius 1 is 1.25 bits per heavy atom. The van der Waals surface area contributed by atoms with Crippen LogP contribution >= 0.6 is 0 Å². The van der Waals surface area contributed by atoms with Gasteiger partial charge in [-0.3, -0.25) is 0 Å². The van der Waals surface area contributed by atoms with E-state index in [0.29, 0.717) is 18.2 Å². The van der Waals surface area contributed by atoms with E-state index >= 15 is 0 Å². The molecule has 0 aliphatic carbocycles. The van der Waals surface area contributed by atoms with E-state index in [1.165, 1.54) is 0 Å². The standard InChI is InChI=1S/C13H13N2O/c1-2-8-16-13-10-14-9-12(15-13)11-6-4-3-5-7-11/h3-7,10H,2,8H2,1H3. The van der Waals surface area contributed by atoms with Gasteiger partial charge in [-0.25, -0.2) is 9.97 Å². The number of benzene rings is 1. The van der Waals surface area contributed by atoms with Crippen LogP contribution in [0, 0.1) is 6.20 Å². The molecule has 0 fully saturated rings. The molecule has 0 saturated heterocycles. The summed E-state index contributed by atoms with van der Waals surface area (Å²) in [7, 11) is 0. The number of ether oxygens (including phenoxy) is 1. The van der Waals surface area contributed by atoms with Gasteiger partial charge in [-0.2, -0.15) is 0 Å². The van der Waals surface area contributed by atoms with Gasteiger partial charge in [-0.05, 0) is 6.42 Å². The van der Waals surface area contributed by atoms with E-state index in [0.717, 1.165) is 12.0 Å². The fourth-order valence-electron chi connectivity index (χ4n) is 1.31. The van der Waals surface area contributed by atoms with Gasteiger partial charge in [0.15, 0.2) is 0 Å². The monoisotopic (exact) mass is 213 g/mol. The molecule has 2 rings (SSSR count). The van der Waals surface area contributed by atoms with Crippen LogP contribution in [0.5, 0.6) is 5.88 Å². The minimum absolute atomic E-state index is 0.555. The lowest BCUT2D eigenvalue weighted by Gasteiger charge is -2.04. The third-order valence-corrected chi connectivity index (χ3v) is 2.07. The van der Waals surface area contributed by atoms with Crippen molar-refractivity contribution in [2.75, 3.05) is 6.61 Å². The summed E-state index contributed by atoms with van der Waals surface area (Å²) in [5.41, 5.74) is 1.71.